The maximum absolute atomic E-state index is 13.1. The molecule has 3 aliphatic rings. The molecular weight excluding hydrogens is 396 g/mol. The van der Waals surface area contributed by atoms with Gasteiger partial charge in [-0.3, -0.25) is 14.5 Å². The molecule has 1 saturated heterocycles. The number of hydrogen-bond acceptors (Lipinski definition) is 3. The van der Waals surface area contributed by atoms with E-state index in [1.807, 2.05) is 0 Å². The Morgan fingerprint density at radius 1 is 1.00 bits per heavy atom. The molecule has 4 rings (SSSR count). The minimum atomic E-state index is -0.300. The van der Waals surface area contributed by atoms with Crippen LogP contribution in [0.3, 0.4) is 0 Å². The molecule has 0 radical (unpaired) electrons. The van der Waals surface area contributed by atoms with Gasteiger partial charge in [-0.1, -0.05) is 50.6 Å². The molecule has 1 amide bonds. The highest BCUT2D eigenvalue weighted by Gasteiger charge is 2.49. The van der Waals surface area contributed by atoms with Crippen LogP contribution in [0.2, 0.25) is 0 Å². The number of Topliss-reactive ketones (excluding diaryl/α,β-unsaturated/α-hetero) is 1. The smallest absolute Gasteiger partial charge is 0.226 e. The van der Waals surface area contributed by atoms with Crippen molar-refractivity contribution in [3.8, 4) is 0 Å². The van der Waals surface area contributed by atoms with Crippen molar-refractivity contribution in [1.29, 1.82) is 0 Å². The third kappa shape index (κ3) is 6.21. The first-order chi connectivity index (χ1) is 15.4. The first kappa shape index (κ1) is 23.5. The molecule has 0 aromatic heterocycles. The van der Waals surface area contributed by atoms with Crippen molar-refractivity contribution >= 4 is 11.7 Å². The van der Waals surface area contributed by atoms with Crippen LogP contribution in [0.1, 0.15) is 77.2 Å². The van der Waals surface area contributed by atoms with Crippen LogP contribution in [-0.4, -0.2) is 36.2 Å². The number of nitrogens with zero attached hydrogens (tertiary/aromatic N) is 1. The summed E-state index contributed by atoms with van der Waals surface area (Å²) in [6.45, 7) is 7.78. The van der Waals surface area contributed by atoms with Gasteiger partial charge in [-0.05, 0) is 87.8 Å². The highest BCUT2D eigenvalue weighted by molar-refractivity contribution is 5.89. The van der Waals surface area contributed by atoms with E-state index in [9.17, 15) is 9.59 Å². The average molecular weight is 439 g/mol. The Labute approximate surface area is 194 Å². The number of carbonyl (C=O) groups is 2. The minimum Gasteiger partial charge on any atom is -0.349 e. The maximum atomic E-state index is 13.1. The van der Waals surface area contributed by atoms with Gasteiger partial charge in [0.25, 0.3) is 0 Å². The van der Waals surface area contributed by atoms with Gasteiger partial charge in [0.1, 0.15) is 0 Å². The summed E-state index contributed by atoms with van der Waals surface area (Å²) in [5.74, 6) is 2.64. The van der Waals surface area contributed by atoms with Gasteiger partial charge < -0.3 is 5.32 Å². The summed E-state index contributed by atoms with van der Waals surface area (Å²) in [5.41, 5.74) is 1.06. The molecule has 0 bridgehead atoms. The number of rotatable bonds is 6. The third-order valence-corrected chi connectivity index (χ3v) is 8.27. The van der Waals surface area contributed by atoms with Crippen LogP contribution in [0.25, 0.3) is 0 Å². The summed E-state index contributed by atoms with van der Waals surface area (Å²) in [5, 5.41) is 3.07. The number of nitrogens with one attached hydrogen (secondary N) is 1. The van der Waals surface area contributed by atoms with E-state index in [-0.39, 0.29) is 29.6 Å². The standard InChI is InChI=1S/C28H42N2O2/c1-21-15-24-16-25(24)18-28(2,17-21)27(32)29-19-26(31)23-11-6-7-13-30(14-8-12-23)20-22-9-4-3-5-10-22/h3-5,9-10,21,23-25H,6-8,11-20H2,1-2H3,(H,29,32)/t21?,23-,24?,25?,28?/m0/s1. The van der Waals surface area contributed by atoms with Crippen molar-refractivity contribution in [1.82, 2.24) is 10.2 Å². The van der Waals surface area contributed by atoms with Crippen molar-refractivity contribution in [3.05, 3.63) is 35.9 Å². The Bertz CT molecular complexity index is 775. The summed E-state index contributed by atoms with van der Waals surface area (Å²) in [7, 11) is 0. The van der Waals surface area contributed by atoms with E-state index in [0.29, 0.717) is 5.92 Å². The summed E-state index contributed by atoms with van der Waals surface area (Å²) in [6, 6.07) is 10.7. The lowest BCUT2D eigenvalue weighted by Crippen LogP contribution is -2.43. The predicted molar refractivity (Wildman–Crippen MR) is 129 cm³/mol. The Morgan fingerprint density at radius 2 is 1.75 bits per heavy atom. The Hall–Kier alpha value is -1.68. The van der Waals surface area contributed by atoms with E-state index in [2.05, 4.69) is 54.4 Å². The molecule has 2 aliphatic carbocycles. The number of amides is 1. The van der Waals surface area contributed by atoms with Gasteiger partial charge >= 0.3 is 0 Å². The lowest BCUT2D eigenvalue weighted by atomic mass is 9.77. The molecule has 5 atom stereocenters. The SMILES string of the molecule is CC1CC2CC2CC(C)(C(=O)NCC(=O)[C@H]2CCCCN(Cc3ccccc3)CCC2)C1. The van der Waals surface area contributed by atoms with E-state index in [4.69, 9.17) is 0 Å². The molecule has 0 spiro atoms. The Kier molecular flexibility index (Phi) is 7.70. The zero-order valence-corrected chi connectivity index (χ0v) is 20.2. The third-order valence-electron chi connectivity index (χ3n) is 8.27. The fourth-order valence-electron chi connectivity index (χ4n) is 6.46. The van der Waals surface area contributed by atoms with E-state index in [0.717, 1.165) is 76.4 Å². The summed E-state index contributed by atoms with van der Waals surface area (Å²) in [6.07, 6.45) is 9.73. The molecule has 1 aliphatic heterocycles. The number of carbonyl (C=O) groups excluding carboxylic acids is 2. The Balaban J connectivity index is 1.24. The maximum Gasteiger partial charge on any atom is 0.226 e. The van der Waals surface area contributed by atoms with Crippen molar-refractivity contribution in [2.45, 2.75) is 78.2 Å². The molecule has 176 valence electrons. The monoisotopic (exact) mass is 438 g/mol. The van der Waals surface area contributed by atoms with Gasteiger partial charge in [-0.25, -0.2) is 0 Å². The molecule has 1 N–H and O–H groups in total. The summed E-state index contributed by atoms with van der Waals surface area (Å²) >= 11 is 0. The molecule has 3 fully saturated rings. The molecule has 32 heavy (non-hydrogen) atoms. The Morgan fingerprint density at radius 3 is 2.56 bits per heavy atom. The highest BCUT2D eigenvalue weighted by atomic mass is 16.2. The lowest BCUT2D eigenvalue weighted by Gasteiger charge is -2.30. The number of ketones is 1. The fraction of sp³-hybridized carbons (Fsp3) is 0.714. The van der Waals surface area contributed by atoms with Crippen molar-refractivity contribution in [2.75, 3.05) is 19.6 Å². The number of benzene rings is 1. The van der Waals surface area contributed by atoms with Crippen LogP contribution >= 0.6 is 0 Å². The molecule has 1 aromatic carbocycles. The quantitative estimate of drug-likeness (QED) is 0.663. The van der Waals surface area contributed by atoms with Crippen LogP contribution in [0.4, 0.5) is 0 Å². The van der Waals surface area contributed by atoms with Crippen molar-refractivity contribution in [3.63, 3.8) is 0 Å². The molecule has 4 unspecified atom stereocenters. The topological polar surface area (TPSA) is 49.4 Å². The van der Waals surface area contributed by atoms with E-state index < -0.39 is 0 Å². The van der Waals surface area contributed by atoms with Crippen LogP contribution in [0, 0.1) is 29.1 Å². The van der Waals surface area contributed by atoms with Crippen molar-refractivity contribution in [2.24, 2.45) is 29.1 Å². The van der Waals surface area contributed by atoms with Gasteiger partial charge in [0.05, 0.1) is 6.54 Å². The fourth-order valence-corrected chi connectivity index (χ4v) is 6.46. The molecular formula is C28H42N2O2. The number of fused-ring (bicyclic) bond motifs is 1. The van der Waals surface area contributed by atoms with E-state index >= 15 is 0 Å². The first-order valence-electron chi connectivity index (χ1n) is 13.0. The van der Waals surface area contributed by atoms with Crippen LogP contribution in [-0.2, 0) is 16.1 Å². The molecule has 2 saturated carbocycles. The molecule has 4 heteroatoms. The minimum absolute atomic E-state index is 0.0978. The van der Waals surface area contributed by atoms with Crippen LogP contribution < -0.4 is 5.32 Å². The summed E-state index contributed by atoms with van der Waals surface area (Å²) < 4.78 is 0. The zero-order valence-electron chi connectivity index (χ0n) is 20.2. The second-order valence-corrected chi connectivity index (χ2v) is 11.3. The highest BCUT2D eigenvalue weighted by Crippen LogP contribution is 2.55. The second kappa shape index (κ2) is 10.5. The average Bonchev–Trinajstić information content (AvgIpc) is 3.47. The van der Waals surface area contributed by atoms with Gasteiger partial charge in [0.2, 0.25) is 5.91 Å². The van der Waals surface area contributed by atoms with Crippen LogP contribution in [0.15, 0.2) is 30.3 Å². The van der Waals surface area contributed by atoms with Gasteiger partial charge in [0, 0.05) is 17.9 Å². The molecule has 1 aromatic rings. The molecule has 1 heterocycles. The zero-order chi connectivity index (χ0) is 22.6. The van der Waals surface area contributed by atoms with Gasteiger partial charge in [0.15, 0.2) is 5.78 Å². The van der Waals surface area contributed by atoms with Gasteiger partial charge in [-0.2, -0.15) is 0 Å². The van der Waals surface area contributed by atoms with Crippen molar-refractivity contribution < 1.29 is 9.59 Å². The largest absolute Gasteiger partial charge is 0.349 e. The van der Waals surface area contributed by atoms with Crippen LogP contribution in [0.5, 0.6) is 0 Å². The number of hydrogen-bond donors (Lipinski definition) is 1. The second-order valence-electron chi connectivity index (χ2n) is 11.3. The van der Waals surface area contributed by atoms with E-state index in [1.54, 1.807) is 0 Å². The normalized spacial score (nSPS) is 33.7. The van der Waals surface area contributed by atoms with E-state index in [1.165, 1.54) is 18.4 Å². The van der Waals surface area contributed by atoms with Gasteiger partial charge in [-0.15, -0.1) is 0 Å². The first-order valence-corrected chi connectivity index (χ1v) is 13.0. The lowest BCUT2D eigenvalue weighted by molar-refractivity contribution is -0.134. The molecule has 4 nitrogen and oxygen atoms in total. The summed E-state index contributed by atoms with van der Waals surface area (Å²) in [4.78, 5) is 28.6. The predicted octanol–water partition coefficient (Wildman–Crippen LogP) is 5.22.